The number of ether oxygens (including phenoxy) is 1. The van der Waals surface area contributed by atoms with Gasteiger partial charge in [0.25, 0.3) is 0 Å². The maximum atomic E-state index is 13.4. The van der Waals surface area contributed by atoms with Crippen molar-refractivity contribution in [2.45, 2.75) is 44.8 Å². The lowest BCUT2D eigenvalue weighted by Gasteiger charge is -2.27. The second kappa shape index (κ2) is 6.30. The van der Waals surface area contributed by atoms with Crippen LogP contribution in [-0.2, 0) is 4.74 Å². The molecule has 1 aromatic rings. The molecule has 1 N–H and O–H groups in total. The minimum absolute atomic E-state index is 0.166. The molecule has 1 saturated heterocycles. The van der Waals surface area contributed by atoms with E-state index in [4.69, 9.17) is 4.74 Å². The van der Waals surface area contributed by atoms with Crippen LogP contribution in [0.3, 0.4) is 0 Å². The highest BCUT2D eigenvalue weighted by molar-refractivity contribution is 5.29. The van der Waals surface area contributed by atoms with E-state index in [0.29, 0.717) is 6.10 Å². The second-order valence-electron chi connectivity index (χ2n) is 5.07. The molecular weight excluding hydrogens is 229 g/mol. The van der Waals surface area contributed by atoms with Crippen LogP contribution in [0, 0.1) is 12.7 Å². The normalized spacial score (nSPS) is 21.8. The first kappa shape index (κ1) is 13.5. The molecule has 0 bridgehead atoms. The van der Waals surface area contributed by atoms with E-state index in [9.17, 15) is 4.39 Å². The van der Waals surface area contributed by atoms with E-state index in [-0.39, 0.29) is 11.9 Å². The van der Waals surface area contributed by atoms with Gasteiger partial charge in [-0.1, -0.05) is 6.07 Å². The fraction of sp³-hybridized carbons (Fsp3) is 0.600. The van der Waals surface area contributed by atoms with Crippen LogP contribution in [0.2, 0.25) is 0 Å². The fourth-order valence-electron chi connectivity index (χ4n) is 2.64. The smallest absolute Gasteiger partial charge is 0.123 e. The highest BCUT2D eigenvalue weighted by atomic mass is 19.1. The minimum Gasteiger partial charge on any atom is -0.378 e. The van der Waals surface area contributed by atoms with Crippen molar-refractivity contribution in [2.24, 2.45) is 0 Å². The van der Waals surface area contributed by atoms with Crippen LogP contribution in [0.5, 0.6) is 0 Å². The summed E-state index contributed by atoms with van der Waals surface area (Å²) in [6, 6.07) is 5.17. The van der Waals surface area contributed by atoms with Crippen molar-refractivity contribution in [3.05, 3.63) is 35.1 Å². The Hall–Kier alpha value is -0.930. The van der Waals surface area contributed by atoms with Crippen molar-refractivity contribution in [1.29, 1.82) is 0 Å². The number of halogens is 1. The maximum absolute atomic E-state index is 13.4. The summed E-state index contributed by atoms with van der Waals surface area (Å²) in [6.45, 7) is 2.89. The van der Waals surface area contributed by atoms with Gasteiger partial charge in [-0.3, -0.25) is 0 Å². The summed E-state index contributed by atoms with van der Waals surface area (Å²) in [6.07, 6.45) is 4.75. The summed E-state index contributed by atoms with van der Waals surface area (Å²) in [5.74, 6) is -0.166. The molecule has 1 aliphatic rings. The molecule has 0 aromatic heterocycles. The standard InChI is InChI=1S/C15H22FNO/c1-11-6-7-12(16)9-14(11)15(17-2)10-13-5-3-4-8-18-13/h6-7,9,13,15,17H,3-5,8,10H2,1-2H3. The summed E-state index contributed by atoms with van der Waals surface area (Å²) in [7, 11) is 1.93. The molecule has 1 aliphatic heterocycles. The first-order chi connectivity index (χ1) is 8.70. The van der Waals surface area contributed by atoms with Gasteiger partial charge in [-0.25, -0.2) is 4.39 Å². The summed E-state index contributed by atoms with van der Waals surface area (Å²) in [4.78, 5) is 0. The van der Waals surface area contributed by atoms with Crippen LogP contribution in [0.25, 0.3) is 0 Å². The first-order valence-corrected chi connectivity index (χ1v) is 6.75. The summed E-state index contributed by atoms with van der Waals surface area (Å²) >= 11 is 0. The van der Waals surface area contributed by atoms with Crippen molar-refractivity contribution in [3.63, 3.8) is 0 Å². The van der Waals surface area contributed by atoms with Crippen molar-refractivity contribution >= 4 is 0 Å². The zero-order chi connectivity index (χ0) is 13.0. The molecule has 100 valence electrons. The number of benzene rings is 1. The highest BCUT2D eigenvalue weighted by Crippen LogP contribution is 2.27. The van der Waals surface area contributed by atoms with Crippen LogP contribution in [0.4, 0.5) is 4.39 Å². The molecule has 0 spiro atoms. The summed E-state index contributed by atoms with van der Waals surface area (Å²) in [5.41, 5.74) is 2.18. The van der Waals surface area contributed by atoms with Gasteiger partial charge in [0.1, 0.15) is 5.82 Å². The zero-order valence-electron chi connectivity index (χ0n) is 11.2. The van der Waals surface area contributed by atoms with Crippen molar-refractivity contribution in [1.82, 2.24) is 5.32 Å². The maximum Gasteiger partial charge on any atom is 0.123 e. The third-order valence-electron chi connectivity index (χ3n) is 3.74. The van der Waals surface area contributed by atoms with Gasteiger partial charge in [0.15, 0.2) is 0 Å². The van der Waals surface area contributed by atoms with Crippen LogP contribution in [-0.4, -0.2) is 19.8 Å². The first-order valence-electron chi connectivity index (χ1n) is 6.75. The molecule has 3 heteroatoms. The van der Waals surface area contributed by atoms with Gasteiger partial charge in [0.2, 0.25) is 0 Å². The van der Waals surface area contributed by atoms with Gasteiger partial charge in [0.05, 0.1) is 6.10 Å². The fourth-order valence-corrected chi connectivity index (χ4v) is 2.64. The molecule has 2 atom stereocenters. The molecule has 2 unspecified atom stereocenters. The van der Waals surface area contributed by atoms with Crippen molar-refractivity contribution < 1.29 is 9.13 Å². The Bertz CT molecular complexity index is 388. The molecule has 0 saturated carbocycles. The molecule has 1 aromatic carbocycles. The molecule has 2 rings (SSSR count). The van der Waals surface area contributed by atoms with E-state index in [2.05, 4.69) is 5.32 Å². The van der Waals surface area contributed by atoms with Crippen LogP contribution >= 0.6 is 0 Å². The number of hydrogen-bond donors (Lipinski definition) is 1. The third-order valence-corrected chi connectivity index (χ3v) is 3.74. The average molecular weight is 251 g/mol. The lowest BCUT2D eigenvalue weighted by atomic mass is 9.94. The van der Waals surface area contributed by atoms with Crippen LogP contribution in [0.1, 0.15) is 42.9 Å². The topological polar surface area (TPSA) is 21.3 Å². The number of rotatable bonds is 4. The van der Waals surface area contributed by atoms with E-state index >= 15 is 0 Å². The Labute approximate surface area is 109 Å². The quantitative estimate of drug-likeness (QED) is 0.886. The SMILES string of the molecule is CNC(CC1CCCCO1)c1cc(F)ccc1C. The molecule has 0 amide bonds. The Kier molecular flexibility index (Phi) is 4.72. The van der Waals surface area contributed by atoms with Gasteiger partial charge in [-0.2, -0.15) is 0 Å². The van der Waals surface area contributed by atoms with Crippen LogP contribution in [0.15, 0.2) is 18.2 Å². The van der Waals surface area contributed by atoms with Gasteiger partial charge < -0.3 is 10.1 Å². The molecule has 1 heterocycles. The zero-order valence-corrected chi connectivity index (χ0v) is 11.2. The predicted octanol–water partition coefficient (Wildman–Crippen LogP) is 3.35. The molecule has 0 radical (unpaired) electrons. The highest BCUT2D eigenvalue weighted by Gasteiger charge is 2.21. The van der Waals surface area contributed by atoms with E-state index in [0.717, 1.165) is 30.6 Å². The lowest BCUT2D eigenvalue weighted by Crippen LogP contribution is -2.27. The molecule has 0 aliphatic carbocycles. The Morgan fingerprint density at radius 2 is 2.28 bits per heavy atom. The van der Waals surface area contributed by atoms with Gasteiger partial charge >= 0.3 is 0 Å². The average Bonchev–Trinajstić information content (AvgIpc) is 2.40. The molecule has 2 nitrogen and oxygen atoms in total. The monoisotopic (exact) mass is 251 g/mol. The Balaban J connectivity index is 2.09. The number of nitrogens with one attached hydrogen (secondary N) is 1. The third kappa shape index (κ3) is 3.30. The molecule has 18 heavy (non-hydrogen) atoms. The largest absolute Gasteiger partial charge is 0.378 e. The second-order valence-corrected chi connectivity index (χ2v) is 5.07. The van der Waals surface area contributed by atoms with E-state index in [1.165, 1.54) is 18.9 Å². The van der Waals surface area contributed by atoms with Gasteiger partial charge in [-0.15, -0.1) is 0 Å². The van der Waals surface area contributed by atoms with Crippen LogP contribution < -0.4 is 5.32 Å². The minimum atomic E-state index is -0.166. The number of aryl methyl sites for hydroxylation is 1. The number of hydrogen-bond acceptors (Lipinski definition) is 2. The van der Waals surface area contributed by atoms with Gasteiger partial charge in [0, 0.05) is 12.6 Å². The lowest BCUT2D eigenvalue weighted by molar-refractivity contribution is 0.00543. The summed E-state index contributed by atoms with van der Waals surface area (Å²) < 4.78 is 19.1. The predicted molar refractivity (Wildman–Crippen MR) is 71.1 cm³/mol. The van der Waals surface area contributed by atoms with E-state index < -0.39 is 0 Å². The van der Waals surface area contributed by atoms with Gasteiger partial charge in [-0.05, 0) is 62.9 Å². The molecule has 1 fully saturated rings. The molecular formula is C15H22FNO. The van der Waals surface area contributed by atoms with Crippen molar-refractivity contribution in [2.75, 3.05) is 13.7 Å². The summed E-state index contributed by atoms with van der Waals surface area (Å²) in [5, 5.41) is 3.29. The van der Waals surface area contributed by atoms with Crippen molar-refractivity contribution in [3.8, 4) is 0 Å². The Morgan fingerprint density at radius 1 is 1.44 bits per heavy atom. The van der Waals surface area contributed by atoms with E-state index in [1.54, 1.807) is 6.07 Å². The Morgan fingerprint density at radius 3 is 2.94 bits per heavy atom. The van der Waals surface area contributed by atoms with E-state index in [1.807, 2.05) is 20.0 Å².